The zero-order valence-corrected chi connectivity index (χ0v) is 15.4. The Morgan fingerprint density at radius 1 is 1.04 bits per heavy atom. The molecule has 1 aliphatic rings. The second-order valence-electron chi connectivity index (χ2n) is 5.52. The third kappa shape index (κ3) is 3.76. The quantitative estimate of drug-likeness (QED) is 0.733. The Labute approximate surface area is 150 Å². The van der Waals surface area contributed by atoms with Crippen LogP contribution in [0.4, 0.5) is 0 Å². The summed E-state index contributed by atoms with van der Waals surface area (Å²) in [5, 5.41) is 2.27. The van der Waals surface area contributed by atoms with Gasteiger partial charge in [0.2, 0.25) is 6.79 Å². The minimum Gasteiger partial charge on any atom is -0.493 e. The van der Waals surface area contributed by atoms with Crippen LogP contribution in [0.15, 0.2) is 34.8 Å². The smallest absolute Gasteiger partial charge is 0.231 e. The number of hydrogen-bond donors (Lipinski definition) is 1. The standard InChI is InChI=1S/C18H20BrNO4/c1-21-16-8-13(14(19)9-17(16)22-2)10-20-6-5-12-3-4-15-18(7-12)24-11-23-15/h3-4,7-9,20H,5-6,10-11H2,1-2H3/p+1. The maximum Gasteiger partial charge on any atom is 0.231 e. The number of fused-ring (bicyclic) bond motifs is 1. The third-order valence-corrected chi connectivity index (χ3v) is 4.73. The van der Waals surface area contributed by atoms with Gasteiger partial charge in [0.15, 0.2) is 23.0 Å². The van der Waals surface area contributed by atoms with E-state index in [9.17, 15) is 0 Å². The molecular weight excluding hydrogens is 374 g/mol. The number of nitrogens with two attached hydrogens (primary N) is 1. The van der Waals surface area contributed by atoms with Crippen LogP contribution in [0.1, 0.15) is 11.1 Å². The molecule has 24 heavy (non-hydrogen) atoms. The first-order valence-corrected chi connectivity index (χ1v) is 8.61. The lowest BCUT2D eigenvalue weighted by Crippen LogP contribution is -2.83. The Kier molecular flexibility index (Phi) is 5.48. The molecule has 2 N–H and O–H groups in total. The molecule has 3 rings (SSSR count). The molecule has 2 aromatic carbocycles. The summed E-state index contributed by atoms with van der Waals surface area (Å²) in [5.41, 5.74) is 2.43. The van der Waals surface area contributed by atoms with E-state index < -0.39 is 0 Å². The third-order valence-electron chi connectivity index (χ3n) is 3.99. The van der Waals surface area contributed by atoms with E-state index in [1.54, 1.807) is 14.2 Å². The average molecular weight is 395 g/mol. The lowest BCUT2D eigenvalue weighted by atomic mass is 10.1. The first kappa shape index (κ1) is 16.9. The SMILES string of the molecule is COc1cc(Br)c(C[NH2+]CCc2ccc3c(c2)OCO3)cc1OC. The van der Waals surface area contributed by atoms with Gasteiger partial charge in [0.05, 0.1) is 20.8 Å². The van der Waals surface area contributed by atoms with E-state index >= 15 is 0 Å². The van der Waals surface area contributed by atoms with Gasteiger partial charge in [-0.3, -0.25) is 0 Å². The van der Waals surface area contributed by atoms with Gasteiger partial charge in [-0.2, -0.15) is 0 Å². The predicted molar refractivity (Wildman–Crippen MR) is 94.0 cm³/mol. The molecule has 0 saturated heterocycles. The number of rotatable bonds is 7. The molecular formula is C18H21BrNO4+. The molecule has 0 fully saturated rings. The zero-order valence-electron chi connectivity index (χ0n) is 13.8. The Balaban J connectivity index is 1.55. The van der Waals surface area contributed by atoms with Crippen LogP contribution >= 0.6 is 15.9 Å². The summed E-state index contributed by atoms with van der Waals surface area (Å²) in [7, 11) is 3.29. The van der Waals surface area contributed by atoms with E-state index in [-0.39, 0.29) is 0 Å². The fourth-order valence-corrected chi connectivity index (χ4v) is 3.16. The van der Waals surface area contributed by atoms with Crippen molar-refractivity contribution < 1.29 is 24.3 Å². The summed E-state index contributed by atoms with van der Waals surface area (Å²) in [6, 6.07) is 10.1. The Hall–Kier alpha value is -1.92. The minimum absolute atomic E-state index is 0.318. The second kappa shape index (κ2) is 7.77. The van der Waals surface area contributed by atoms with Crippen LogP contribution in [-0.4, -0.2) is 27.6 Å². The summed E-state index contributed by atoms with van der Waals surface area (Å²) < 4.78 is 22.4. The topological polar surface area (TPSA) is 53.5 Å². The highest BCUT2D eigenvalue weighted by Gasteiger charge is 2.14. The summed E-state index contributed by atoms with van der Waals surface area (Å²) in [6.07, 6.45) is 0.974. The molecule has 0 spiro atoms. The van der Waals surface area contributed by atoms with Crippen LogP contribution in [0.25, 0.3) is 0 Å². The molecule has 128 valence electrons. The molecule has 0 radical (unpaired) electrons. The van der Waals surface area contributed by atoms with Gasteiger partial charge in [-0.25, -0.2) is 0 Å². The van der Waals surface area contributed by atoms with Crippen LogP contribution in [0.2, 0.25) is 0 Å². The van der Waals surface area contributed by atoms with Gasteiger partial charge >= 0.3 is 0 Å². The summed E-state index contributed by atoms with van der Waals surface area (Å²) in [4.78, 5) is 0. The van der Waals surface area contributed by atoms with Crippen molar-refractivity contribution in [3.63, 3.8) is 0 Å². The fourth-order valence-electron chi connectivity index (χ4n) is 2.68. The average Bonchev–Trinajstić information content (AvgIpc) is 3.07. The van der Waals surface area contributed by atoms with Gasteiger partial charge in [0, 0.05) is 16.5 Å². The zero-order chi connectivity index (χ0) is 16.9. The molecule has 0 saturated carbocycles. The van der Waals surface area contributed by atoms with Gasteiger partial charge in [-0.15, -0.1) is 0 Å². The van der Waals surface area contributed by atoms with Gasteiger partial charge in [-0.05, 0) is 29.8 Å². The molecule has 0 unspecified atom stereocenters. The molecule has 6 heteroatoms. The van der Waals surface area contributed by atoms with Gasteiger partial charge in [-0.1, -0.05) is 22.0 Å². The fraction of sp³-hybridized carbons (Fsp3) is 0.333. The van der Waals surface area contributed by atoms with Crippen LogP contribution in [-0.2, 0) is 13.0 Å². The van der Waals surface area contributed by atoms with Gasteiger partial charge < -0.3 is 24.3 Å². The van der Waals surface area contributed by atoms with Crippen LogP contribution in [0, 0.1) is 0 Å². The van der Waals surface area contributed by atoms with Gasteiger partial charge in [0.1, 0.15) is 6.54 Å². The first-order valence-electron chi connectivity index (χ1n) is 7.82. The van der Waals surface area contributed by atoms with Crippen molar-refractivity contribution in [2.24, 2.45) is 0 Å². The second-order valence-corrected chi connectivity index (χ2v) is 6.37. The molecule has 0 bridgehead atoms. The summed E-state index contributed by atoms with van der Waals surface area (Å²) in [6.45, 7) is 2.17. The van der Waals surface area contributed by atoms with Crippen molar-refractivity contribution in [2.45, 2.75) is 13.0 Å². The number of hydrogen-bond acceptors (Lipinski definition) is 4. The Morgan fingerprint density at radius 2 is 1.79 bits per heavy atom. The minimum atomic E-state index is 0.318. The normalized spacial score (nSPS) is 12.3. The van der Waals surface area contributed by atoms with E-state index in [0.29, 0.717) is 6.79 Å². The van der Waals surface area contributed by atoms with Crippen molar-refractivity contribution in [3.05, 3.63) is 45.9 Å². The monoisotopic (exact) mass is 394 g/mol. The summed E-state index contributed by atoms with van der Waals surface area (Å²) in [5.74, 6) is 3.15. The highest BCUT2D eigenvalue weighted by atomic mass is 79.9. The molecule has 1 heterocycles. The molecule has 2 aromatic rings. The molecule has 0 aliphatic carbocycles. The van der Waals surface area contributed by atoms with E-state index in [2.05, 4.69) is 33.4 Å². The van der Waals surface area contributed by atoms with Crippen molar-refractivity contribution >= 4 is 15.9 Å². The molecule has 0 atom stereocenters. The number of halogens is 1. The van der Waals surface area contributed by atoms with Crippen LogP contribution in [0.3, 0.4) is 0 Å². The Bertz CT molecular complexity index is 720. The van der Waals surface area contributed by atoms with Crippen molar-refractivity contribution in [1.82, 2.24) is 0 Å². The first-order chi connectivity index (χ1) is 11.7. The Morgan fingerprint density at radius 3 is 2.58 bits per heavy atom. The van der Waals surface area contributed by atoms with E-state index in [1.165, 1.54) is 11.1 Å². The van der Waals surface area contributed by atoms with Crippen LogP contribution < -0.4 is 24.3 Å². The van der Waals surface area contributed by atoms with E-state index in [4.69, 9.17) is 18.9 Å². The number of benzene rings is 2. The maximum atomic E-state index is 5.41. The molecule has 1 aliphatic heterocycles. The van der Waals surface area contributed by atoms with E-state index in [0.717, 1.165) is 47.0 Å². The van der Waals surface area contributed by atoms with E-state index in [1.807, 2.05) is 18.2 Å². The predicted octanol–water partition coefficient (Wildman–Crippen LogP) is 2.50. The van der Waals surface area contributed by atoms with Gasteiger partial charge in [0.25, 0.3) is 0 Å². The highest BCUT2D eigenvalue weighted by Crippen LogP contribution is 2.33. The number of ether oxygens (including phenoxy) is 4. The lowest BCUT2D eigenvalue weighted by molar-refractivity contribution is -0.670. The van der Waals surface area contributed by atoms with Crippen molar-refractivity contribution in [1.29, 1.82) is 0 Å². The molecule has 0 aromatic heterocycles. The van der Waals surface area contributed by atoms with Crippen molar-refractivity contribution in [2.75, 3.05) is 27.6 Å². The maximum absolute atomic E-state index is 5.41. The highest BCUT2D eigenvalue weighted by molar-refractivity contribution is 9.10. The van der Waals surface area contributed by atoms with Crippen molar-refractivity contribution in [3.8, 4) is 23.0 Å². The number of methoxy groups -OCH3 is 2. The largest absolute Gasteiger partial charge is 0.493 e. The van der Waals surface area contributed by atoms with Crippen LogP contribution in [0.5, 0.6) is 23.0 Å². The molecule has 0 amide bonds. The number of quaternary nitrogens is 1. The molecule has 5 nitrogen and oxygen atoms in total. The lowest BCUT2D eigenvalue weighted by Gasteiger charge is -2.11. The summed E-state index contributed by atoms with van der Waals surface area (Å²) >= 11 is 3.60.